The second-order valence-corrected chi connectivity index (χ2v) is 6.12. The van der Waals surface area contributed by atoms with E-state index < -0.39 is 33.7 Å². The summed E-state index contributed by atoms with van der Waals surface area (Å²) in [4.78, 5) is 34.2. The van der Waals surface area contributed by atoms with Gasteiger partial charge in [-0.05, 0) is 17.5 Å². The van der Waals surface area contributed by atoms with Gasteiger partial charge in [-0.2, -0.15) is 0 Å². The fourth-order valence-corrected chi connectivity index (χ4v) is 2.70. The first-order valence-corrected chi connectivity index (χ1v) is 8.05. The topological polar surface area (TPSA) is 107 Å². The highest BCUT2D eigenvalue weighted by Crippen LogP contribution is 2.27. The van der Waals surface area contributed by atoms with E-state index in [0.29, 0.717) is 0 Å². The van der Waals surface area contributed by atoms with Gasteiger partial charge >= 0.3 is 11.9 Å². The largest absolute Gasteiger partial charge is 0.478 e. The van der Waals surface area contributed by atoms with Crippen molar-refractivity contribution in [1.29, 1.82) is 0 Å². The van der Waals surface area contributed by atoms with Crippen LogP contribution in [0.2, 0.25) is 0 Å². The standard InChI is InChI=1S/C19H19NO6/c1-12(2)15(13-7-4-3-5-8-13)11-26-19(23)17-14(18(21)22)9-6-10-16(17)20(24)25/h3-10,12,15H,11H2,1-2H3,(H,21,22). The van der Waals surface area contributed by atoms with Gasteiger partial charge in [0.2, 0.25) is 0 Å². The van der Waals surface area contributed by atoms with Gasteiger partial charge in [0.1, 0.15) is 0 Å². The predicted molar refractivity (Wildman–Crippen MR) is 94.4 cm³/mol. The van der Waals surface area contributed by atoms with E-state index in [2.05, 4.69) is 0 Å². The fourth-order valence-electron chi connectivity index (χ4n) is 2.70. The fraction of sp³-hybridized carbons (Fsp3) is 0.263. The molecule has 0 amide bonds. The van der Waals surface area contributed by atoms with E-state index in [9.17, 15) is 24.8 Å². The van der Waals surface area contributed by atoms with Gasteiger partial charge in [0.05, 0.1) is 17.1 Å². The third-order valence-electron chi connectivity index (χ3n) is 4.10. The normalized spacial score (nSPS) is 11.8. The zero-order valence-corrected chi connectivity index (χ0v) is 14.4. The molecule has 0 heterocycles. The van der Waals surface area contributed by atoms with Crippen LogP contribution in [0.25, 0.3) is 0 Å². The number of ether oxygens (including phenoxy) is 1. The second kappa shape index (κ2) is 8.24. The lowest BCUT2D eigenvalue weighted by molar-refractivity contribution is -0.385. The highest BCUT2D eigenvalue weighted by molar-refractivity contribution is 6.05. The first kappa shape index (κ1) is 19.1. The molecule has 7 heteroatoms. The van der Waals surface area contributed by atoms with Crippen LogP contribution in [0.4, 0.5) is 5.69 Å². The summed E-state index contributed by atoms with van der Waals surface area (Å²) < 4.78 is 5.28. The zero-order valence-electron chi connectivity index (χ0n) is 14.4. The van der Waals surface area contributed by atoms with Gasteiger partial charge in [0.15, 0.2) is 5.56 Å². The molecular formula is C19H19NO6. The zero-order chi connectivity index (χ0) is 19.3. The highest BCUT2D eigenvalue weighted by atomic mass is 16.6. The van der Waals surface area contributed by atoms with Crippen LogP contribution in [0, 0.1) is 16.0 Å². The number of hydrogen-bond donors (Lipinski definition) is 1. The van der Waals surface area contributed by atoms with Crippen molar-refractivity contribution in [3.05, 3.63) is 75.3 Å². The monoisotopic (exact) mass is 357 g/mol. The van der Waals surface area contributed by atoms with Crippen LogP contribution >= 0.6 is 0 Å². The van der Waals surface area contributed by atoms with Gasteiger partial charge in [0, 0.05) is 12.0 Å². The molecule has 2 aromatic rings. The molecule has 26 heavy (non-hydrogen) atoms. The molecule has 0 aliphatic heterocycles. The molecule has 0 saturated heterocycles. The Kier molecular flexibility index (Phi) is 6.06. The molecule has 2 aromatic carbocycles. The number of carboxylic acid groups (broad SMARTS) is 1. The Hall–Kier alpha value is -3.22. The van der Waals surface area contributed by atoms with Gasteiger partial charge in [-0.15, -0.1) is 0 Å². The highest BCUT2D eigenvalue weighted by Gasteiger charge is 2.29. The predicted octanol–water partition coefficient (Wildman–Crippen LogP) is 3.89. The molecule has 7 nitrogen and oxygen atoms in total. The van der Waals surface area contributed by atoms with Crippen molar-refractivity contribution >= 4 is 17.6 Å². The third-order valence-corrected chi connectivity index (χ3v) is 4.10. The second-order valence-electron chi connectivity index (χ2n) is 6.12. The van der Waals surface area contributed by atoms with Crippen LogP contribution in [-0.2, 0) is 4.74 Å². The first-order chi connectivity index (χ1) is 12.3. The maximum absolute atomic E-state index is 12.5. The van der Waals surface area contributed by atoms with Crippen LogP contribution in [-0.4, -0.2) is 28.6 Å². The molecular weight excluding hydrogens is 338 g/mol. The first-order valence-electron chi connectivity index (χ1n) is 8.05. The van der Waals surface area contributed by atoms with Gasteiger partial charge in [-0.1, -0.05) is 50.2 Å². The molecule has 1 N–H and O–H groups in total. The summed E-state index contributed by atoms with van der Waals surface area (Å²) in [5, 5.41) is 20.4. The summed E-state index contributed by atoms with van der Waals surface area (Å²) in [7, 11) is 0. The molecule has 0 aromatic heterocycles. The summed E-state index contributed by atoms with van der Waals surface area (Å²) in [5.41, 5.74) is -0.613. The number of hydrogen-bond acceptors (Lipinski definition) is 5. The molecule has 0 saturated carbocycles. The lowest BCUT2D eigenvalue weighted by atomic mass is 9.89. The number of carboxylic acids is 1. The Morgan fingerprint density at radius 3 is 2.31 bits per heavy atom. The summed E-state index contributed by atoms with van der Waals surface area (Å²) >= 11 is 0. The molecule has 0 radical (unpaired) electrons. The molecule has 0 aliphatic rings. The van der Waals surface area contributed by atoms with Crippen molar-refractivity contribution in [2.24, 2.45) is 5.92 Å². The molecule has 1 atom stereocenters. The number of nitrogens with zero attached hydrogens (tertiary/aromatic N) is 1. The van der Waals surface area contributed by atoms with Crippen LogP contribution < -0.4 is 0 Å². The van der Waals surface area contributed by atoms with Crippen LogP contribution in [0.3, 0.4) is 0 Å². The number of rotatable bonds is 7. The van der Waals surface area contributed by atoms with Crippen molar-refractivity contribution < 1.29 is 24.4 Å². The molecule has 1 unspecified atom stereocenters. The number of esters is 1. The minimum absolute atomic E-state index is 0.00831. The molecule has 136 valence electrons. The minimum atomic E-state index is -1.43. The van der Waals surface area contributed by atoms with E-state index in [1.165, 1.54) is 6.07 Å². The number of nitro groups is 1. The van der Waals surface area contributed by atoms with Gasteiger partial charge in [-0.3, -0.25) is 10.1 Å². The maximum atomic E-state index is 12.5. The van der Waals surface area contributed by atoms with Crippen molar-refractivity contribution in [3.63, 3.8) is 0 Å². The molecule has 0 spiro atoms. The molecule has 2 rings (SSSR count). The third kappa shape index (κ3) is 4.24. The smallest absolute Gasteiger partial charge is 0.346 e. The van der Waals surface area contributed by atoms with Crippen LogP contribution in [0.5, 0.6) is 0 Å². The van der Waals surface area contributed by atoms with Gasteiger partial charge in [-0.25, -0.2) is 9.59 Å². The van der Waals surface area contributed by atoms with E-state index >= 15 is 0 Å². The molecule has 0 fully saturated rings. The Balaban J connectivity index is 2.30. The summed E-state index contributed by atoms with van der Waals surface area (Å²) in [6, 6.07) is 12.9. The summed E-state index contributed by atoms with van der Waals surface area (Å²) in [5.74, 6) is -2.41. The Morgan fingerprint density at radius 1 is 1.12 bits per heavy atom. The summed E-state index contributed by atoms with van der Waals surface area (Å²) in [6.07, 6.45) is 0. The number of benzene rings is 2. The Bertz CT molecular complexity index is 784. The lowest BCUT2D eigenvalue weighted by Gasteiger charge is -2.21. The number of aromatic carboxylic acids is 1. The minimum Gasteiger partial charge on any atom is -0.478 e. The number of carbonyl (C=O) groups excluding carboxylic acids is 1. The Labute approximate surface area is 150 Å². The van der Waals surface area contributed by atoms with Crippen molar-refractivity contribution in [1.82, 2.24) is 0 Å². The van der Waals surface area contributed by atoms with E-state index in [-0.39, 0.29) is 18.4 Å². The van der Waals surface area contributed by atoms with Crippen molar-refractivity contribution in [3.8, 4) is 0 Å². The van der Waals surface area contributed by atoms with Gasteiger partial charge < -0.3 is 9.84 Å². The van der Waals surface area contributed by atoms with Gasteiger partial charge in [0.25, 0.3) is 5.69 Å². The molecule has 0 bridgehead atoms. The van der Waals surface area contributed by atoms with Crippen LogP contribution in [0.1, 0.15) is 46.0 Å². The average molecular weight is 357 g/mol. The van der Waals surface area contributed by atoms with E-state index in [1.54, 1.807) is 0 Å². The number of nitro benzene ring substituents is 1. The van der Waals surface area contributed by atoms with Crippen LogP contribution in [0.15, 0.2) is 48.5 Å². The number of carbonyl (C=O) groups is 2. The van der Waals surface area contributed by atoms with E-state index in [0.717, 1.165) is 17.7 Å². The average Bonchev–Trinajstić information content (AvgIpc) is 2.61. The Morgan fingerprint density at radius 2 is 1.77 bits per heavy atom. The van der Waals surface area contributed by atoms with E-state index in [1.807, 2.05) is 44.2 Å². The van der Waals surface area contributed by atoms with Crippen molar-refractivity contribution in [2.75, 3.05) is 6.61 Å². The SMILES string of the molecule is CC(C)C(COC(=O)c1c(C(=O)O)cccc1[N+](=O)[O-])c1ccccc1. The lowest BCUT2D eigenvalue weighted by Crippen LogP contribution is -2.20. The van der Waals surface area contributed by atoms with Crippen molar-refractivity contribution in [2.45, 2.75) is 19.8 Å². The summed E-state index contributed by atoms with van der Waals surface area (Å²) in [6.45, 7) is 3.93. The molecule has 0 aliphatic carbocycles. The quantitative estimate of drug-likeness (QED) is 0.458. The van der Waals surface area contributed by atoms with E-state index in [4.69, 9.17) is 4.74 Å². The maximum Gasteiger partial charge on any atom is 0.346 e.